The molecule has 0 rings (SSSR count). The van der Waals surface area contributed by atoms with E-state index >= 15 is 0 Å². The van der Waals surface area contributed by atoms with Crippen LogP contribution in [0.15, 0.2) is 47.1 Å². The van der Waals surface area contributed by atoms with Crippen molar-refractivity contribution in [3.8, 4) is 0 Å². The average Bonchev–Trinajstić information content (AvgIpc) is 2.38. The van der Waals surface area contributed by atoms with Gasteiger partial charge in [-0.2, -0.15) is 0 Å². The summed E-state index contributed by atoms with van der Waals surface area (Å²) in [7, 11) is 0. The first-order valence-electron chi connectivity index (χ1n) is 7.21. The van der Waals surface area contributed by atoms with Crippen LogP contribution in [0.2, 0.25) is 0 Å². The first-order valence-corrected chi connectivity index (χ1v) is 7.21. The topological polar surface area (TPSA) is 37.3 Å². The Hall–Kier alpha value is -1.57. The van der Waals surface area contributed by atoms with Gasteiger partial charge in [0.1, 0.15) is 0 Å². The van der Waals surface area contributed by atoms with Crippen molar-refractivity contribution in [2.45, 2.75) is 59.8 Å². The summed E-state index contributed by atoms with van der Waals surface area (Å²) in [6.45, 7) is 11.9. The lowest BCUT2D eigenvalue weighted by Gasteiger charge is -2.03. The van der Waals surface area contributed by atoms with Crippen LogP contribution in [0.1, 0.15) is 59.8 Å². The van der Waals surface area contributed by atoms with Crippen molar-refractivity contribution in [1.29, 1.82) is 0 Å². The number of hydrogen-bond acceptors (Lipinski definition) is 1. The number of carboxylic acid groups (broad SMARTS) is 1. The predicted molar refractivity (Wildman–Crippen MR) is 86.8 cm³/mol. The Morgan fingerprint density at radius 3 is 2.00 bits per heavy atom. The van der Waals surface area contributed by atoms with Gasteiger partial charge in [0.25, 0.3) is 0 Å². The molecule has 20 heavy (non-hydrogen) atoms. The molecule has 0 bridgehead atoms. The van der Waals surface area contributed by atoms with Crippen LogP contribution >= 0.6 is 0 Å². The maximum Gasteiger partial charge on any atom is 0.331 e. The van der Waals surface area contributed by atoms with Crippen LogP contribution in [-0.4, -0.2) is 11.1 Å². The fourth-order valence-electron chi connectivity index (χ4n) is 1.82. The second-order valence-electron chi connectivity index (χ2n) is 5.40. The Bertz CT molecular complexity index is 423. The van der Waals surface area contributed by atoms with Gasteiger partial charge >= 0.3 is 5.97 Å². The summed E-state index contributed by atoms with van der Waals surface area (Å²) in [5, 5.41) is 8.77. The van der Waals surface area contributed by atoms with Crippen molar-refractivity contribution in [2.24, 2.45) is 0 Å². The molecule has 0 spiro atoms. The average molecular weight is 276 g/mol. The minimum atomic E-state index is -0.909. The zero-order valence-electron chi connectivity index (χ0n) is 13.3. The van der Waals surface area contributed by atoms with E-state index in [0.717, 1.165) is 31.3 Å². The molecular formula is C18H28O2. The third-order valence-electron chi connectivity index (χ3n) is 3.35. The molecule has 1 N–H and O–H groups in total. The number of rotatable bonds is 9. The SMILES string of the molecule is C=C(C/C(C)=C/CC/C(C)=C/CC/C(C)=C/C)C(=O)O. The highest BCUT2D eigenvalue weighted by molar-refractivity contribution is 5.86. The van der Waals surface area contributed by atoms with Gasteiger partial charge < -0.3 is 5.11 Å². The minimum Gasteiger partial charge on any atom is -0.478 e. The molecule has 0 aliphatic rings. The molecule has 0 aromatic heterocycles. The van der Waals surface area contributed by atoms with E-state index in [4.69, 9.17) is 5.11 Å². The summed E-state index contributed by atoms with van der Waals surface area (Å²) in [6, 6.07) is 0. The molecular weight excluding hydrogens is 248 g/mol. The molecule has 2 nitrogen and oxygen atoms in total. The second kappa shape index (κ2) is 10.2. The van der Waals surface area contributed by atoms with Crippen molar-refractivity contribution in [2.75, 3.05) is 0 Å². The Kier molecular flexibility index (Phi) is 9.44. The molecule has 0 aromatic rings. The van der Waals surface area contributed by atoms with Crippen molar-refractivity contribution in [1.82, 2.24) is 0 Å². The lowest BCUT2D eigenvalue weighted by Crippen LogP contribution is -1.99. The van der Waals surface area contributed by atoms with E-state index in [1.54, 1.807) is 0 Å². The third kappa shape index (κ3) is 9.37. The molecule has 0 unspecified atom stereocenters. The molecule has 0 saturated carbocycles. The van der Waals surface area contributed by atoms with Crippen LogP contribution in [0.25, 0.3) is 0 Å². The summed E-state index contributed by atoms with van der Waals surface area (Å²) >= 11 is 0. The molecule has 0 aliphatic carbocycles. The zero-order valence-corrected chi connectivity index (χ0v) is 13.3. The summed E-state index contributed by atoms with van der Waals surface area (Å²) < 4.78 is 0. The van der Waals surface area contributed by atoms with E-state index in [-0.39, 0.29) is 5.57 Å². The van der Waals surface area contributed by atoms with Gasteiger partial charge in [-0.05, 0) is 59.8 Å². The summed E-state index contributed by atoms with van der Waals surface area (Å²) in [5.74, 6) is -0.909. The largest absolute Gasteiger partial charge is 0.478 e. The van der Waals surface area contributed by atoms with Crippen LogP contribution in [0.4, 0.5) is 0 Å². The molecule has 0 fully saturated rings. The number of hydrogen-bond donors (Lipinski definition) is 1. The molecule has 0 aromatic carbocycles. The maximum atomic E-state index is 10.7. The van der Waals surface area contributed by atoms with Crippen LogP contribution in [0, 0.1) is 0 Å². The molecule has 0 aliphatic heterocycles. The van der Waals surface area contributed by atoms with Crippen LogP contribution in [0.5, 0.6) is 0 Å². The van der Waals surface area contributed by atoms with E-state index in [0.29, 0.717) is 6.42 Å². The van der Waals surface area contributed by atoms with E-state index in [9.17, 15) is 4.79 Å². The quantitative estimate of drug-likeness (QED) is 0.450. The fourth-order valence-corrected chi connectivity index (χ4v) is 1.82. The van der Waals surface area contributed by atoms with Gasteiger partial charge in [-0.3, -0.25) is 0 Å². The van der Waals surface area contributed by atoms with Crippen LogP contribution in [-0.2, 0) is 4.79 Å². The summed E-state index contributed by atoms with van der Waals surface area (Å²) in [6.07, 6.45) is 11.2. The number of carboxylic acids is 1. The highest BCUT2D eigenvalue weighted by atomic mass is 16.4. The first kappa shape index (κ1) is 18.4. The Morgan fingerprint density at radius 2 is 1.50 bits per heavy atom. The van der Waals surface area contributed by atoms with Crippen LogP contribution in [0.3, 0.4) is 0 Å². The van der Waals surface area contributed by atoms with E-state index in [1.807, 2.05) is 6.92 Å². The molecule has 0 radical (unpaired) electrons. The summed E-state index contributed by atoms with van der Waals surface area (Å²) in [4.78, 5) is 10.7. The Balaban J connectivity index is 4.06. The van der Waals surface area contributed by atoms with E-state index < -0.39 is 5.97 Å². The van der Waals surface area contributed by atoms with Crippen molar-refractivity contribution in [3.63, 3.8) is 0 Å². The molecule has 0 saturated heterocycles. The lowest BCUT2D eigenvalue weighted by molar-refractivity contribution is -0.132. The predicted octanol–water partition coefficient (Wildman–Crippen LogP) is 5.44. The molecule has 0 atom stereocenters. The van der Waals surface area contributed by atoms with E-state index in [2.05, 4.69) is 45.6 Å². The van der Waals surface area contributed by atoms with Gasteiger partial charge in [-0.25, -0.2) is 4.79 Å². The standard InChI is InChI=1S/C18H28O2/c1-6-14(2)9-7-10-15(3)11-8-12-16(4)13-17(5)18(19)20/h6,10,12H,5,7-9,11,13H2,1-4H3,(H,19,20)/b14-6+,15-10+,16-12+. The maximum absolute atomic E-state index is 10.7. The van der Waals surface area contributed by atoms with Gasteiger partial charge in [-0.1, -0.05) is 41.5 Å². The van der Waals surface area contributed by atoms with E-state index in [1.165, 1.54) is 11.1 Å². The van der Waals surface area contributed by atoms with Crippen molar-refractivity contribution < 1.29 is 9.90 Å². The van der Waals surface area contributed by atoms with Crippen molar-refractivity contribution in [3.05, 3.63) is 47.1 Å². The number of carbonyl (C=O) groups is 1. The molecule has 112 valence electrons. The normalized spacial score (nSPS) is 13.5. The van der Waals surface area contributed by atoms with Gasteiger partial charge in [0.15, 0.2) is 0 Å². The van der Waals surface area contributed by atoms with Gasteiger partial charge in [0, 0.05) is 5.57 Å². The Morgan fingerprint density at radius 1 is 1.00 bits per heavy atom. The molecule has 0 amide bonds. The van der Waals surface area contributed by atoms with Gasteiger partial charge in [0.2, 0.25) is 0 Å². The van der Waals surface area contributed by atoms with Crippen LogP contribution < -0.4 is 0 Å². The number of allylic oxidation sites excluding steroid dienone is 6. The minimum absolute atomic E-state index is 0.257. The highest BCUT2D eigenvalue weighted by Gasteiger charge is 2.03. The van der Waals surface area contributed by atoms with Gasteiger partial charge in [-0.15, -0.1) is 0 Å². The smallest absolute Gasteiger partial charge is 0.331 e. The zero-order chi connectivity index (χ0) is 15.5. The molecule has 0 heterocycles. The molecule has 2 heteroatoms. The first-order chi connectivity index (χ1) is 9.36. The number of aliphatic carboxylic acids is 1. The van der Waals surface area contributed by atoms with Crippen molar-refractivity contribution >= 4 is 5.97 Å². The Labute approximate surface area is 123 Å². The third-order valence-corrected chi connectivity index (χ3v) is 3.35. The highest BCUT2D eigenvalue weighted by Crippen LogP contribution is 2.14. The lowest BCUT2D eigenvalue weighted by atomic mass is 10.0. The monoisotopic (exact) mass is 276 g/mol. The summed E-state index contributed by atoms with van der Waals surface area (Å²) in [5.41, 5.74) is 4.16. The van der Waals surface area contributed by atoms with Gasteiger partial charge in [0.05, 0.1) is 0 Å². The second-order valence-corrected chi connectivity index (χ2v) is 5.40. The fraction of sp³-hybridized carbons (Fsp3) is 0.500.